The first-order valence-electron chi connectivity index (χ1n) is 9.11. The molecule has 1 aromatic rings. The van der Waals surface area contributed by atoms with Crippen LogP contribution in [0.4, 0.5) is 4.39 Å². The third-order valence-corrected chi connectivity index (χ3v) is 5.36. The van der Waals surface area contributed by atoms with Crippen molar-refractivity contribution in [2.24, 2.45) is 11.8 Å². The second kappa shape index (κ2) is 9.16. The molecule has 4 heteroatoms. The summed E-state index contributed by atoms with van der Waals surface area (Å²) in [6.07, 6.45) is 8.12. The maximum absolute atomic E-state index is 13.2. The van der Waals surface area contributed by atoms with E-state index in [-0.39, 0.29) is 5.82 Å². The summed E-state index contributed by atoms with van der Waals surface area (Å²) in [7, 11) is 4.21. The Labute approximate surface area is 144 Å². The minimum Gasteiger partial charge on any atom is -0.481 e. The third-order valence-electron chi connectivity index (χ3n) is 5.36. The van der Waals surface area contributed by atoms with Gasteiger partial charge in [-0.05, 0) is 62.9 Å². The van der Waals surface area contributed by atoms with Gasteiger partial charge in [0.2, 0.25) is 0 Å². The fourth-order valence-corrected chi connectivity index (χ4v) is 4.15. The van der Waals surface area contributed by atoms with Crippen LogP contribution in [0.3, 0.4) is 0 Å². The van der Waals surface area contributed by atoms with Crippen LogP contribution in [0.2, 0.25) is 0 Å². The number of hydrogen-bond acceptors (Lipinski definition) is 2. The number of carboxylic acids is 1. The number of benzene rings is 1. The molecule has 1 N–H and O–H groups in total. The predicted molar refractivity (Wildman–Crippen MR) is 94.4 cm³/mol. The Morgan fingerprint density at radius 1 is 1.17 bits per heavy atom. The van der Waals surface area contributed by atoms with E-state index < -0.39 is 5.97 Å². The molecular weight excluding hydrogens is 305 g/mol. The summed E-state index contributed by atoms with van der Waals surface area (Å²) in [5.41, 5.74) is 1.20. The van der Waals surface area contributed by atoms with Gasteiger partial charge in [-0.1, -0.05) is 37.8 Å². The van der Waals surface area contributed by atoms with Crippen molar-refractivity contribution in [3.05, 3.63) is 35.6 Å². The Balaban J connectivity index is 1.84. The molecule has 1 aromatic carbocycles. The molecule has 1 atom stereocenters. The second-order valence-electron chi connectivity index (χ2n) is 7.38. The summed E-state index contributed by atoms with van der Waals surface area (Å²) >= 11 is 0. The summed E-state index contributed by atoms with van der Waals surface area (Å²) in [4.78, 5) is 12.8. The average Bonchev–Trinajstić information content (AvgIpc) is 2.54. The van der Waals surface area contributed by atoms with E-state index in [4.69, 9.17) is 5.11 Å². The first kappa shape index (κ1) is 18.9. The molecular formula is C20H30FNO2. The molecule has 0 radical (unpaired) electrons. The van der Waals surface area contributed by atoms with Crippen molar-refractivity contribution in [2.75, 3.05) is 14.1 Å². The zero-order chi connectivity index (χ0) is 17.5. The maximum atomic E-state index is 13.2. The summed E-state index contributed by atoms with van der Waals surface area (Å²) < 4.78 is 13.2. The van der Waals surface area contributed by atoms with Crippen LogP contribution in [0.1, 0.15) is 63.0 Å². The lowest BCUT2D eigenvalue weighted by molar-refractivity contribution is -0.137. The van der Waals surface area contributed by atoms with E-state index in [1.165, 1.54) is 31.2 Å². The molecule has 0 saturated heterocycles. The predicted octanol–water partition coefficient (Wildman–Crippen LogP) is 4.88. The van der Waals surface area contributed by atoms with Crippen molar-refractivity contribution >= 4 is 5.97 Å². The van der Waals surface area contributed by atoms with Crippen molar-refractivity contribution < 1.29 is 14.3 Å². The van der Waals surface area contributed by atoms with Gasteiger partial charge in [-0.15, -0.1) is 0 Å². The van der Waals surface area contributed by atoms with E-state index in [9.17, 15) is 9.18 Å². The van der Waals surface area contributed by atoms with Crippen LogP contribution in [-0.4, -0.2) is 30.1 Å². The number of hydrogen-bond donors (Lipinski definition) is 1. The standard InChI is InChI=1S/C20H30FNO2/c1-22(2)20(17-11-13-18(21)14-12-17)16-9-7-15(8-10-16)5-3-4-6-19(23)24/h11-16,20H,3-10H2,1-2H3,(H,23,24). The van der Waals surface area contributed by atoms with Crippen molar-refractivity contribution in [2.45, 2.75) is 57.4 Å². The number of aliphatic carboxylic acids is 1. The van der Waals surface area contributed by atoms with Gasteiger partial charge < -0.3 is 10.0 Å². The van der Waals surface area contributed by atoms with Crippen molar-refractivity contribution in [1.82, 2.24) is 4.90 Å². The summed E-state index contributed by atoms with van der Waals surface area (Å²) in [5, 5.41) is 8.70. The highest BCUT2D eigenvalue weighted by Crippen LogP contribution is 2.40. The number of unbranched alkanes of at least 4 members (excludes halogenated alkanes) is 1. The Kier molecular flexibility index (Phi) is 7.22. The molecule has 0 spiro atoms. The molecule has 2 rings (SSSR count). The monoisotopic (exact) mass is 335 g/mol. The van der Waals surface area contributed by atoms with Gasteiger partial charge >= 0.3 is 5.97 Å². The topological polar surface area (TPSA) is 40.5 Å². The third kappa shape index (κ3) is 5.59. The van der Waals surface area contributed by atoms with E-state index in [1.54, 1.807) is 12.1 Å². The lowest BCUT2D eigenvalue weighted by atomic mass is 9.75. The number of carbonyl (C=O) groups is 1. The number of halogens is 1. The molecule has 0 heterocycles. The summed E-state index contributed by atoms with van der Waals surface area (Å²) in [6.45, 7) is 0. The molecule has 0 amide bonds. The van der Waals surface area contributed by atoms with Gasteiger partial charge in [-0.2, -0.15) is 0 Å². The van der Waals surface area contributed by atoms with Crippen LogP contribution in [-0.2, 0) is 4.79 Å². The van der Waals surface area contributed by atoms with Crippen molar-refractivity contribution in [3.63, 3.8) is 0 Å². The van der Waals surface area contributed by atoms with Gasteiger partial charge in [0, 0.05) is 12.5 Å². The van der Waals surface area contributed by atoms with Gasteiger partial charge in [0.25, 0.3) is 0 Å². The summed E-state index contributed by atoms with van der Waals surface area (Å²) in [5.74, 6) is 0.486. The van der Waals surface area contributed by atoms with Crippen LogP contribution in [0.25, 0.3) is 0 Å². The molecule has 1 saturated carbocycles. The molecule has 1 aliphatic carbocycles. The molecule has 0 aromatic heterocycles. The molecule has 0 aliphatic heterocycles. The summed E-state index contributed by atoms with van der Waals surface area (Å²) in [6, 6.07) is 7.29. The average molecular weight is 335 g/mol. The van der Waals surface area contributed by atoms with Crippen LogP contribution in [0.5, 0.6) is 0 Å². The number of carboxylic acid groups (broad SMARTS) is 1. The first-order chi connectivity index (χ1) is 11.5. The van der Waals surface area contributed by atoms with Crippen LogP contribution in [0, 0.1) is 17.7 Å². The number of nitrogens with zero attached hydrogens (tertiary/aromatic N) is 1. The minimum absolute atomic E-state index is 0.179. The van der Waals surface area contributed by atoms with Gasteiger partial charge in [0.15, 0.2) is 0 Å². The van der Waals surface area contributed by atoms with E-state index >= 15 is 0 Å². The Hall–Kier alpha value is -1.42. The van der Waals surface area contributed by atoms with Crippen LogP contribution in [0.15, 0.2) is 24.3 Å². The zero-order valence-electron chi connectivity index (χ0n) is 14.9. The zero-order valence-corrected chi connectivity index (χ0v) is 14.9. The first-order valence-corrected chi connectivity index (χ1v) is 9.11. The SMILES string of the molecule is CN(C)C(c1ccc(F)cc1)C1CCC(CCCCC(=O)O)CC1. The number of rotatable bonds is 8. The van der Waals surface area contributed by atoms with E-state index in [0.29, 0.717) is 18.4 Å². The molecule has 1 aliphatic rings. The van der Waals surface area contributed by atoms with Gasteiger partial charge in [-0.3, -0.25) is 4.79 Å². The molecule has 134 valence electrons. The molecule has 24 heavy (non-hydrogen) atoms. The quantitative estimate of drug-likeness (QED) is 0.688. The molecule has 3 nitrogen and oxygen atoms in total. The lowest BCUT2D eigenvalue weighted by Crippen LogP contribution is -2.30. The van der Waals surface area contributed by atoms with E-state index in [1.807, 2.05) is 12.1 Å². The molecule has 1 fully saturated rings. The fourth-order valence-electron chi connectivity index (χ4n) is 4.15. The van der Waals surface area contributed by atoms with Crippen molar-refractivity contribution in [3.8, 4) is 0 Å². The largest absolute Gasteiger partial charge is 0.481 e. The highest BCUT2D eigenvalue weighted by atomic mass is 19.1. The van der Waals surface area contributed by atoms with E-state index in [0.717, 1.165) is 25.2 Å². The second-order valence-corrected chi connectivity index (χ2v) is 7.38. The minimum atomic E-state index is -0.688. The molecule has 0 bridgehead atoms. The highest BCUT2D eigenvalue weighted by Gasteiger charge is 2.29. The Morgan fingerprint density at radius 3 is 2.33 bits per heavy atom. The van der Waals surface area contributed by atoms with Gasteiger partial charge in [-0.25, -0.2) is 4.39 Å². The van der Waals surface area contributed by atoms with Gasteiger partial charge in [0.05, 0.1) is 0 Å². The van der Waals surface area contributed by atoms with Crippen LogP contribution < -0.4 is 0 Å². The fraction of sp³-hybridized carbons (Fsp3) is 0.650. The molecule has 1 unspecified atom stereocenters. The lowest BCUT2D eigenvalue weighted by Gasteiger charge is -2.37. The van der Waals surface area contributed by atoms with Crippen LogP contribution >= 0.6 is 0 Å². The Morgan fingerprint density at radius 2 is 1.79 bits per heavy atom. The van der Waals surface area contributed by atoms with E-state index in [2.05, 4.69) is 19.0 Å². The van der Waals surface area contributed by atoms with Crippen molar-refractivity contribution in [1.29, 1.82) is 0 Å². The normalized spacial score (nSPS) is 22.5. The maximum Gasteiger partial charge on any atom is 0.303 e. The highest BCUT2D eigenvalue weighted by molar-refractivity contribution is 5.66. The van der Waals surface area contributed by atoms with Gasteiger partial charge in [0.1, 0.15) is 5.82 Å². The Bertz CT molecular complexity index is 507. The smallest absolute Gasteiger partial charge is 0.303 e.